The minimum atomic E-state index is -1.02. The zero-order valence-corrected chi connectivity index (χ0v) is 22.7. The van der Waals surface area contributed by atoms with Crippen LogP contribution >= 0.6 is 11.8 Å². The first-order valence-electron chi connectivity index (χ1n) is 13.6. The number of amides is 1. The lowest BCUT2D eigenvalue weighted by molar-refractivity contribution is -0.145. The van der Waals surface area contributed by atoms with Gasteiger partial charge in [-0.25, -0.2) is 0 Å². The molecule has 3 aliphatic heterocycles. The highest BCUT2D eigenvalue weighted by molar-refractivity contribution is 7.99. The number of carbonyl (C=O) groups is 2. The van der Waals surface area contributed by atoms with Crippen LogP contribution in [0.1, 0.15) is 53.0 Å². The van der Waals surface area contributed by atoms with Crippen LogP contribution in [-0.2, 0) is 15.1 Å². The summed E-state index contributed by atoms with van der Waals surface area (Å²) in [7, 11) is 0. The number of rotatable bonds is 2. The van der Waals surface area contributed by atoms with Crippen molar-refractivity contribution in [3.8, 4) is 0 Å². The van der Waals surface area contributed by atoms with E-state index in [1.54, 1.807) is 0 Å². The minimum Gasteiger partial charge on any atom is -0.324 e. The standard InChI is InChI=1S/C33H32N2O2S/c1-21-8-5-10-23(16-21)18-25-12-7-15-32(30(25)36)29(24-11-6-9-22(2)17-24)28-19-38-20-35(28)33(32)26-13-3-4-14-27(26)34-31(33)37/h3-6,8-11,13-14,16-18,28-29H,7,12,15,19-20H2,1-2H3,(H,34,37)/t28-,29-,32-,33-/m0/s1. The molecular formula is C33H32N2O2S. The number of thioether (sulfide) groups is 1. The molecule has 192 valence electrons. The zero-order chi connectivity index (χ0) is 26.1. The molecule has 4 aliphatic rings. The number of allylic oxidation sites excluding steroid dienone is 1. The molecule has 0 bridgehead atoms. The molecule has 7 rings (SSSR count). The molecule has 4 nitrogen and oxygen atoms in total. The molecule has 1 saturated carbocycles. The van der Waals surface area contributed by atoms with Gasteiger partial charge in [-0.05, 0) is 62.0 Å². The second-order valence-electron chi connectivity index (χ2n) is 11.4. The molecule has 3 aromatic rings. The van der Waals surface area contributed by atoms with Gasteiger partial charge in [-0.2, -0.15) is 0 Å². The van der Waals surface area contributed by atoms with E-state index in [0.717, 1.165) is 46.9 Å². The molecule has 3 fully saturated rings. The van der Waals surface area contributed by atoms with Crippen LogP contribution in [-0.4, -0.2) is 34.3 Å². The Kier molecular flexibility index (Phi) is 5.47. The summed E-state index contributed by atoms with van der Waals surface area (Å²) < 4.78 is 0. The Balaban J connectivity index is 1.52. The van der Waals surface area contributed by atoms with Gasteiger partial charge in [0.1, 0.15) is 5.54 Å². The summed E-state index contributed by atoms with van der Waals surface area (Å²) in [6.45, 7) is 4.20. The summed E-state index contributed by atoms with van der Waals surface area (Å²) in [5.41, 5.74) is 5.37. The van der Waals surface area contributed by atoms with Crippen molar-refractivity contribution in [3.63, 3.8) is 0 Å². The number of fused-ring (bicyclic) bond motifs is 5. The van der Waals surface area contributed by atoms with Gasteiger partial charge < -0.3 is 5.32 Å². The first-order chi connectivity index (χ1) is 18.5. The first-order valence-corrected chi connectivity index (χ1v) is 14.8. The van der Waals surface area contributed by atoms with E-state index >= 15 is 4.79 Å². The molecule has 3 heterocycles. The van der Waals surface area contributed by atoms with Gasteiger partial charge in [-0.3, -0.25) is 14.5 Å². The van der Waals surface area contributed by atoms with Gasteiger partial charge in [0.25, 0.3) is 5.91 Å². The fourth-order valence-corrected chi connectivity index (χ4v) is 9.34. The molecule has 5 heteroatoms. The molecule has 4 atom stereocenters. The third-order valence-corrected chi connectivity index (χ3v) is 10.3. The molecule has 3 aromatic carbocycles. The maximum Gasteiger partial charge on any atom is 0.250 e. The average molecular weight is 521 g/mol. The Bertz CT molecular complexity index is 1510. The van der Waals surface area contributed by atoms with Gasteiger partial charge in [-0.15, -0.1) is 11.8 Å². The number of benzene rings is 3. The van der Waals surface area contributed by atoms with Crippen LogP contribution in [0, 0.1) is 19.3 Å². The molecule has 38 heavy (non-hydrogen) atoms. The Hall–Kier alpha value is -3.15. The smallest absolute Gasteiger partial charge is 0.250 e. The van der Waals surface area contributed by atoms with E-state index in [1.807, 2.05) is 36.0 Å². The van der Waals surface area contributed by atoms with E-state index in [-0.39, 0.29) is 23.7 Å². The minimum absolute atomic E-state index is 0.0356. The molecule has 2 saturated heterocycles. The number of nitrogens with zero attached hydrogens (tertiary/aromatic N) is 1. The van der Waals surface area contributed by atoms with E-state index in [4.69, 9.17) is 0 Å². The van der Waals surface area contributed by atoms with Crippen molar-refractivity contribution < 1.29 is 9.59 Å². The molecule has 2 spiro atoms. The van der Waals surface area contributed by atoms with Crippen LogP contribution in [0.3, 0.4) is 0 Å². The quantitative estimate of drug-likeness (QED) is 0.395. The number of aryl methyl sites for hydroxylation is 2. The number of nitrogens with one attached hydrogen (secondary N) is 1. The average Bonchev–Trinajstić information content (AvgIpc) is 3.55. The van der Waals surface area contributed by atoms with Crippen molar-refractivity contribution in [2.75, 3.05) is 16.9 Å². The number of hydrogen-bond donors (Lipinski definition) is 1. The zero-order valence-electron chi connectivity index (χ0n) is 21.9. The maximum atomic E-state index is 15.2. The predicted octanol–water partition coefficient (Wildman–Crippen LogP) is 6.45. The van der Waals surface area contributed by atoms with Crippen molar-refractivity contribution in [2.24, 2.45) is 5.41 Å². The summed E-state index contributed by atoms with van der Waals surface area (Å²) in [6, 6.07) is 25.2. The normalized spacial score (nSPS) is 31.3. The van der Waals surface area contributed by atoms with Gasteiger partial charge >= 0.3 is 0 Å². The number of ketones is 1. The lowest BCUT2D eigenvalue weighted by Gasteiger charge is -2.49. The molecule has 0 radical (unpaired) electrons. The third kappa shape index (κ3) is 3.09. The number of carbonyl (C=O) groups excluding carboxylic acids is 2. The monoisotopic (exact) mass is 520 g/mol. The van der Waals surface area contributed by atoms with Gasteiger partial charge in [0.15, 0.2) is 5.78 Å². The van der Waals surface area contributed by atoms with Crippen LogP contribution in [0.15, 0.2) is 78.4 Å². The first kappa shape index (κ1) is 23.9. The van der Waals surface area contributed by atoms with E-state index in [1.165, 1.54) is 16.7 Å². The highest BCUT2D eigenvalue weighted by Gasteiger charge is 2.77. The second kappa shape index (κ2) is 8.69. The molecular weight excluding hydrogens is 488 g/mol. The summed E-state index contributed by atoms with van der Waals surface area (Å²) >= 11 is 1.88. The van der Waals surface area contributed by atoms with E-state index in [2.05, 4.69) is 78.7 Å². The lowest BCUT2D eigenvalue weighted by Crippen LogP contribution is -2.60. The molecule has 0 unspecified atom stereocenters. The maximum absolute atomic E-state index is 15.2. The van der Waals surface area contributed by atoms with Crippen LogP contribution < -0.4 is 5.32 Å². The van der Waals surface area contributed by atoms with Gasteiger partial charge in [0.05, 0.1) is 5.41 Å². The van der Waals surface area contributed by atoms with Gasteiger partial charge in [0, 0.05) is 34.8 Å². The van der Waals surface area contributed by atoms with Crippen LogP contribution in [0.5, 0.6) is 0 Å². The Morgan fingerprint density at radius 3 is 2.58 bits per heavy atom. The summed E-state index contributed by atoms with van der Waals surface area (Å²) in [4.78, 5) is 32.0. The Morgan fingerprint density at radius 1 is 0.974 bits per heavy atom. The second-order valence-corrected chi connectivity index (χ2v) is 12.4. The topological polar surface area (TPSA) is 49.4 Å². The fourth-order valence-electron chi connectivity index (χ4n) is 8.04. The van der Waals surface area contributed by atoms with Crippen LogP contribution in [0.2, 0.25) is 0 Å². The summed E-state index contributed by atoms with van der Waals surface area (Å²) in [6.07, 6.45) is 4.42. The SMILES string of the molecule is Cc1cccc(C=C2CCC[C@@]3(C2=O)[C@@H](c2cccc(C)c2)[C@@H]2CSCN2[C@@]32C(=O)Nc3ccccc32)c1. The van der Waals surface area contributed by atoms with Crippen molar-refractivity contribution in [2.45, 2.75) is 50.6 Å². The van der Waals surface area contributed by atoms with Crippen molar-refractivity contribution in [1.29, 1.82) is 0 Å². The van der Waals surface area contributed by atoms with Gasteiger partial charge in [-0.1, -0.05) is 77.9 Å². The largest absolute Gasteiger partial charge is 0.324 e. The van der Waals surface area contributed by atoms with Crippen molar-refractivity contribution >= 4 is 35.2 Å². The third-order valence-electron chi connectivity index (χ3n) is 9.30. The number of para-hydroxylation sites is 1. The predicted molar refractivity (Wildman–Crippen MR) is 154 cm³/mol. The molecule has 1 aliphatic carbocycles. The molecule has 1 N–H and O–H groups in total. The fraction of sp³-hybridized carbons (Fsp3) is 0.333. The number of Topliss-reactive ketones (excluding diaryl/α,β-unsaturated/α-hetero) is 1. The lowest BCUT2D eigenvalue weighted by atomic mass is 9.52. The van der Waals surface area contributed by atoms with Crippen molar-refractivity contribution in [3.05, 3.63) is 106 Å². The Labute approximate surface area is 228 Å². The van der Waals surface area contributed by atoms with E-state index in [0.29, 0.717) is 6.42 Å². The highest BCUT2D eigenvalue weighted by atomic mass is 32.2. The summed E-state index contributed by atoms with van der Waals surface area (Å²) in [5, 5.41) is 3.23. The Morgan fingerprint density at radius 2 is 1.76 bits per heavy atom. The molecule has 0 aromatic heterocycles. The number of hydrogen-bond acceptors (Lipinski definition) is 4. The highest BCUT2D eigenvalue weighted by Crippen LogP contribution is 2.70. The van der Waals surface area contributed by atoms with Crippen LogP contribution in [0.25, 0.3) is 6.08 Å². The van der Waals surface area contributed by atoms with E-state index < -0.39 is 11.0 Å². The number of anilines is 1. The van der Waals surface area contributed by atoms with E-state index in [9.17, 15) is 4.79 Å². The molecule has 1 amide bonds. The van der Waals surface area contributed by atoms with Crippen LogP contribution in [0.4, 0.5) is 5.69 Å². The summed E-state index contributed by atoms with van der Waals surface area (Å²) in [5.74, 6) is 1.72. The van der Waals surface area contributed by atoms with Crippen molar-refractivity contribution in [1.82, 2.24) is 4.90 Å². The van der Waals surface area contributed by atoms with Gasteiger partial charge in [0.2, 0.25) is 0 Å².